The first-order valence-electron chi connectivity index (χ1n) is 11.8. The molecule has 2 heterocycles. The fourth-order valence-electron chi connectivity index (χ4n) is 4.37. The number of amides is 2. The van der Waals surface area contributed by atoms with Gasteiger partial charge in [-0.25, -0.2) is 4.79 Å². The third-order valence-corrected chi connectivity index (χ3v) is 6.44. The van der Waals surface area contributed by atoms with Crippen molar-refractivity contribution >= 4 is 11.6 Å². The zero-order valence-electron chi connectivity index (χ0n) is 20.2. The molecule has 1 atom stereocenters. The van der Waals surface area contributed by atoms with E-state index in [9.17, 15) is 4.79 Å². The average Bonchev–Trinajstić information content (AvgIpc) is 3.35. The summed E-state index contributed by atoms with van der Waals surface area (Å²) in [5.74, 6) is 0.934. The third kappa shape index (κ3) is 4.73. The highest BCUT2D eigenvalue weighted by atomic mass is 16.5. The molecule has 0 aliphatic carbocycles. The van der Waals surface area contributed by atoms with Gasteiger partial charge < -0.3 is 9.84 Å². The second-order valence-electron chi connectivity index (χ2n) is 8.97. The number of nitrogens with zero attached hydrogens (tertiary/aromatic N) is 3. The molecule has 1 aromatic heterocycles. The van der Waals surface area contributed by atoms with Gasteiger partial charge in [0.1, 0.15) is 0 Å². The average molecular weight is 465 g/mol. The molecule has 3 aromatic carbocycles. The minimum Gasteiger partial charge on any atom is -0.334 e. The Balaban J connectivity index is 1.54. The van der Waals surface area contributed by atoms with Gasteiger partial charge in [0.15, 0.2) is 0 Å². The van der Waals surface area contributed by atoms with Crippen LogP contribution in [0.25, 0.3) is 17.0 Å². The number of nitrogens with one attached hydrogen (secondary N) is 1. The Bertz CT molecular complexity index is 1360. The van der Waals surface area contributed by atoms with E-state index in [1.165, 1.54) is 11.1 Å². The zero-order valence-corrected chi connectivity index (χ0v) is 20.2. The lowest BCUT2D eigenvalue weighted by Gasteiger charge is -2.35. The normalized spacial score (nSPS) is 15.9. The van der Waals surface area contributed by atoms with Crippen LogP contribution in [0, 0.1) is 13.8 Å². The van der Waals surface area contributed by atoms with E-state index in [1.807, 2.05) is 87.5 Å². The lowest BCUT2D eigenvalue weighted by molar-refractivity contribution is 0.205. The van der Waals surface area contributed by atoms with Crippen molar-refractivity contribution in [3.05, 3.63) is 113 Å². The van der Waals surface area contributed by atoms with Crippen molar-refractivity contribution in [2.75, 3.05) is 6.54 Å². The molecule has 35 heavy (non-hydrogen) atoms. The molecule has 1 unspecified atom stereocenters. The summed E-state index contributed by atoms with van der Waals surface area (Å²) in [5, 5.41) is 7.43. The molecule has 0 saturated heterocycles. The maximum atomic E-state index is 13.2. The Morgan fingerprint density at radius 3 is 2.23 bits per heavy atom. The Morgan fingerprint density at radius 1 is 0.886 bits per heavy atom. The number of aromatic nitrogens is 2. The summed E-state index contributed by atoms with van der Waals surface area (Å²) in [6, 6.07) is 25.8. The first-order valence-corrected chi connectivity index (χ1v) is 11.8. The molecule has 6 nitrogen and oxygen atoms in total. The molecule has 0 spiro atoms. The maximum Gasteiger partial charge on any atom is 0.322 e. The second kappa shape index (κ2) is 9.58. The summed E-state index contributed by atoms with van der Waals surface area (Å²) in [5.41, 5.74) is 6.98. The van der Waals surface area contributed by atoms with Crippen LogP contribution in [0.15, 0.2) is 89.1 Å². The zero-order chi connectivity index (χ0) is 24.4. The van der Waals surface area contributed by atoms with E-state index >= 15 is 0 Å². The van der Waals surface area contributed by atoms with Crippen LogP contribution in [-0.4, -0.2) is 27.6 Å². The van der Waals surface area contributed by atoms with E-state index < -0.39 is 0 Å². The Kier molecular flexibility index (Phi) is 6.19. The molecule has 1 aliphatic heterocycles. The van der Waals surface area contributed by atoms with Gasteiger partial charge in [0, 0.05) is 17.8 Å². The number of allylic oxidation sites excluding steroid dienone is 1. The van der Waals surface area contributed by atoms with Gasteiger partial charge in [0.2, 0.25) is 5.82 Å². The van der Waals surface area contributed by atoms with E-state index in [1.54, 1.807) is 4.90 Å². The van der Waals surface area contributed by atoms with Crippen molar-refractivity contribution in [3.63, 3.8) is 0 Å². The molecule has 0 saturated carbocycles. The van der Waals surface area contributed by atoms with Gasteiger partial charge in [-0.2, -0.15) is 4.98 Å². The summed E-state index contributed by atoms with van der Waals surface area (Å²) < 4.78 is 5.78. The van der Waals surface area contributed by atoms with Gasteiger partial charge in [0.25, 0.3) is 5.89 Å². The number of carbonyl (C=O) groups is 1. The first kappa shape index (κ1) is 22.6. The smallest absolute Gasteiger partial charge is 0.322 e. The van der Waals surface area contributed by atoms with Crippen LogP contribution < -0.4 is 5.32 Å². The summed E-state index contributed by atoms with van der Waals surface area (Å²) in [4.78, 5) is 19.7. The summed E-state index contributed by atoms with van der Waals surface area (Å²) in [6.45, 7) is 6.59. The van der Waals surface area contributed by atoms with Crippen LogP contribution in [0.2, 0.25) is 0 Å². The molecular weight excluding hydrogens is 436 g/mol. The largest absolute Gasteiger partial charge is 0.334 e. The van der Waals surface area contributed by atoms with E-state index in [0.717, 1.165) is 34.4 Å². The predicted molar refractivity (Wildman–Crippen MR) is 136 cm³/mol. The molecule has 2 amide bonds. The van der Waals surface area contributed by atoms with Crippen molar-refractivity contribution in [3.8, 4) is 11.4 Å². The molecule has 1 N–H and O–H groups in total. The lowest BCUT2D eigenvalue weighted by atomic mass is 9.94. The number of hydrogen-bond donors (Lipinski definition) is 1. The molecular formula is C29H28N4O2. The lowest BCUT2D eigenvalue weighted by Crippen LogP contribution is -2.46. The highest BCUT2D eigenvalue weighted by Gasteiger charge is 2.35. The van der Waals surface area contributed by atoms with Crippen molar-refractivity contribution in [2.24, 2.45) is 0 Å². The van der Waals surface area contributed by atoms with E-state index in [4.69, 9.17) is 9.51 Å². The highest BCUT2D eigenvalue weighted by Crippen LogP contribution is 2.37. The molecule has 176 valence electrons. The minimum atomic E-state index is -0.387. The summed E-state index contributed by atoms with van der Waals surface area (Å²) in [6.07, 6.45) is 0.743. The van der Waals surface area contributed by atoms with Crippen molar-refractivity contribution in [1.29, 1.82) is 0 Å². The van der Waals surface area contributed by atoms with E-state index in [-0.39, 0.29) is 12.1 Å². The van der Waals surface area contributed by atoms with Crippen LogP contribution in [0.1, 0.15) is 41.1 Å². The topological polar surface area (TPSA) is 71.3 Å². The number of hydrogen-bond acceptors (Lipinski definition) is 4. The Morgan fingerprint density at radius 2 is 1.54 bits per heavy atom. The monoisotopic (exact) mass is 464 g/mol. The number of rotatable bonds is 6. The fourth-order valence-corrected chi connectivity index (χ4v) is 4.37. The number of carbonyl (C=O) groups excluding carboxylic acids is 1. The number of aryl methyl sites for hydroxylation is 2. The molecule has 1 aliphatic rings. The van der Waals surface area contributed by atoms with Gasteiger partial charge in [-0.3, -0.25) is 4.90 Å². The first-order chi connectivity index (χ1) is 17.0. The summed E-state index contributed by atoms with van der Waals surface area (Å²) >= 11 is 0. The SMILES string of the molecule is CC1=C(c2nc(-c3ccc(C)cc3)no2)C(c2ccc(C)cc2)NC(=O)N1CCc1ccccc1. The van der Waals surface area contributed by atoms with Gasteiger partial charge in [-0.15, -0.1) is 0 Å². The molecule has 5 rings (SSSR count). The molecule has 0 radical (unpaired) electrons. The third-order valence-electron chi connectivity index (χ3n) is 6.44. The molecule has 4 aromatic rings. The minimum absolute atomic E-state index is 0.133. The summed E-state index contributed by atoms with van der Waals surface area (Å²) in [7, 11) is 0. The standard InChI is InChI=1S/C29H28N4O2/c1-19-9-13-23(14-10-19)26-25(28-31-27(32-35-28)24-15-11-20(2)12-16-24)21(3)33(29(34)30-26)18-17-22-7-5-4-6-8-22/h4-16,26H,17-18H2,1-3H3,(H,30,34). The van der Waals surface area contributed by atoms with Crippen LogP contribution in [-0.2, 0) is 6.42 Å². The quantitative estimate of drug-likeness (QED) is 0.375. The van der Waals surface area contributed by atoms with Crippen LogP contribution in [0.3, 0.4) is 0 Å². The predicted octanol–water partition coefficient (Wildman–Crippen LogP) is 6.09. The van der Waals surface area contributed by atoms with E-state index in [2.05, 4.69) is 22.6 Å². The van der Waals surface area contributed by atoms with Crippen molar-refractivity contribution in [1.82, 2.24) is 20.4 Å². The Labute approximate surface area is 205 Å². The van der Waals surface area contributed by atoms with Gasteiger partial charge >= 0.3 is 6.03 Å². The fraction of sp³-hybridized carbons (Fsp3) is 0.207. The van der Waals surface area contributed by atoms with Crippen LogP contribution in [0.5, 0.6) is 0 Å². The Hall–Kier alpha value is -4.19. The van der Waals surface area contributed by atoms with Crippen molar-refractivity contribution < 1.29 is 9.32 Å². The van der Waals surface area contributed by atoms with E-state index in [0.29, 0.717) is 18.3 Å². The second-order valence-corrected chi connectivity index (χ2v) is 8.97. The van der Waals surface area contributed by atoms with Gasteiger partial charge in [0.05, 0.1) is 11.6 Å². The van der Waals surface area contributed by atoms with Gasteiger partial charge in [-0.05, 0) is 38.3 Å². The molecule has 0 fully saturated rings. The number of benzene rings is 3. The highest BCUT2D eigenvalue weighted by molar-refractivity contribution is 5.86. The molecule has 0 bridgehead atoms. The van der Waals surface area contributed by atoms with Crippen LogP contribution >= 0.6 is 0 Å². The van der Waals surface area contributed by atoms with Crippen molar-refractivity contribution in [2.45, 2.75) is 33.2 Å². The van der Waals surface area contributed by atoms with Gasteiger partial charge in [-0.1, -0.05) is 95.1 Å². The molecule has 6 heteroatoms. The van der Waals surface area contributed by atoms with Crippen LogP contribution in [0.4, 0.5) is 4.79 Å². The number of urea groups is 1. The maximum absolute atomic E-state index is 13.2.